The van der Waals surface area contributed by atoms with Crippen LogP contribution in [0, 0.1) is 27.9 Å². The Hall–Kier alpha value is -2.21. The molecular weight excluding hydrogens is 294 g/mol. The van der Waals surface area contributed by atoms with Crippen LogP contribution in [0.2, 0.25) is 0 Å². The van der Waals surface area contributed by atoms with Crippen molar-refractivity contribution in [3.63, 3.8) is 0 Å². The van der Waals surface area contributed by atoms with Gasteiger partial charge >= 0.3 is 0 Å². The molecule has 2 N–H and O–H groups in total. The van der Waals surface area contributed by atoms with Crippen LogP contribution in [0.15, 0.2) is 36.4 Å². The van der Waals surface area contributed by atoms with Crippen molar-refractivity contribution >= 4 is 11.6 Å². The van der Waals surface area contributed by atoms with E-state index in [0.29, 0.717) is 12.1 Å². The molecule has 1 fully saturated rings. The van der Waals surface area contributed by atoms with E-state index in [0.717, 1.165) is 30.8 Å². The third-order valence-corrected chi connectivity index (χ3v) is 4.75. The summed E-state index contributed by atoms with van der Waals surface area (Å²) >= 11 is 0. The van der Waals surface area contributed by atoms with Crippen LogP contribution in [-0.4, -0.2) is 30.5 Å². The first kappa shape index (κ1) is 15.7. The monoisotopic (exact) mass is 315 g/mol. The van der Waals surface area contributed by atoms with Crippen LogP contribution in [0.4, 0.5) is 5.69 Å². The minimum absolute atomic E-state index is 0.0110. The second kappa shape index (κ2) is 6.91. The van der Waals surface area contributed by atoms with Gasteiger partial charge in [-0.25, -0.2) is 0 Å². The van der Waals surface area contributed by atoms with Gasteiger partial charge in [0.05, 0.1) is 4.92 Å². The minimum atomic E-state index is -0.476. The van der Waals surface area contributed by atoms with Gasteiger partial charge in [0, 0.05) is 30.8 Å². The van der Waals surface area contributed by atoms with Crippen LogP contribution < -0.4 is 10.6 Å². The van der Waals surface area contributed by atoms with Crippen molar-refractivity contribution in [1.29, 1.82) is 0 Å². The predicted molar refractivity (Wildman–Crippen MR) is 87.1 cm³/mol. The number of nitrogens with zero attached hydrogens (tertiary/aromatic N) is 1. The zero-order chi connectivity index (χ0) is 16.2. The quantitative estimate of drug-likeness (QED) is 0.349. The Bertz CT molecular complexity index is 612. The molecule has 2 aliphatic carbocycles. The highest BCUT2D eigenvalue weighted by Crippen LogP contribution is 2.42. The molecule has 0 radical (unpaired) electrons. The highest BCUT2D eigenvalue weighted by Gasteiger charge is 2.34. The van der Waals surface area contributed by atoms with Crippen molar-refractivity contribution in [2.24, 2.45) is 17.8 Å². The largest absolute Gasteiger partial charge is 0.351 e. The molecule has 1 aromatic carbocycles. The van der Waals surface area contributed by atoms with Crippen molar-refractivity contribution < 1.29 is 9.72 Å². The summed E-state index contributed by atoms with van der Waals surface area (Å²) in [5.41, 5.74) is 0.428. The van der Waals surface area contributed by atoms with Crippen LogP contribution >= 0.6 is 0 Å². The lowest BCUT2D eigenvalue weighted by atomic mass is 9.94. The summed E-state index contributed by atoms with van der Waals surface area (Å²) in [7, 11) is 0. The van der Waals surface area contributed by atoms with Gasteiger partial charge in [0.1, 0.15) is 0 Å². The van der Waals surface area contributed by atoms with Gasteiger partial charge in [-0.1, -0.05) is 12.2 Å². The first-order valence-corrected chi connectivity index (χ1v) is 8.05. The Morgan fingerprint density at radius 2 is 1.96 bits per heavy atom. The highest BCUT2D eigenvalue weighted by molar-refractivity contribution is 5.94. The molecule has 3 atom stereocenters. The van der Waals surface area contributed by atoms with E-state index in [-0.39, 0.29) is 11.6 Å². The Kier molecular flexibility index (Phi) is 4.71. The van der Waals surface area contributed by atoms with Gasteiger partial charge in [-0.15, -0.1) is 0 Å². The van der Waals surface area contributed by atoms with E-state index in [2.05, 4.69) is 22.8 Å². The van der Waals surface area contributed by atoms with Crippen LogP contribution in [-0.2, 0) is 0 Å². The van der Waals surface area contributed by atoms with Crippen molar-refractivity contribution in [3.8, 4) is 0 Å². The SMILES string of the molecule is O=C(NCCNCC1CC2C=CC1C2)c1ccc([N+](=O)[O-])cc1. The molecule has 0 saturated heterocycles. The normalized spacial score (nSPS) is 24.8. The van der Waals surface area contributed by atoms with Gasteiger partial charge in [0.2, 0.25) is 0 Å². The van der Waals surface area contributed by atoms with Gasteiger partial charge in [-0.05, 0) is 49.3 Å². The Morgan fingerprint density at radius 3 is 2.57 bits per heavy atom. The molecule has 2 aliphatic rings. The lowest BCUT2D eigenvalue weighted by molar-refractivity contribution is -0.384. The fraction of sp³-hybridized carbons (Fsp3) is 0.471. The van der Waals surface area contributed by atoms with Crippen molar-refractivity contribution in [2.45, 2.75) is 12.8 Å². The summed E-state index contributed by atoms with van der Waals surface area (Å²) in [5.74, 6) is 2.05. The molecule has 1 aromatic rings. The molecule has 0 spiro atoms. The van der Waals surface area contributed by atoms with Crippen molar-refractivity contribution in [1.82, 2.24) is 10.6 Å². The number of hydrogen-bond donors (Lipinski definition) is 2. The number of non-ortho nitro benzene ring substituents is 1. The molecule has 1 saturated carbocycles. The zero-order valence-electron chi connectivity index (χ0n) is 12.9. The third-order valence-electron chi connectivity index (χ3n) is 4.75. The first-order chi connectivity index (χ1) is 11.1. The average Bonchev–Trinajstić information content (AvgIpc) is 3.17. The number of amides is 1. The van der Waals surface area contributed by atoms with Crippen molar-refractivity contribution in [2.75, 3.05) is 19.6 Å². The lowest BCUT2D eigenvalue weighted by Crippen LogP contribution is -2.34. The molecule has 3 rings (SSSR count). The maximum atomic E-state index is 11.9. The molecule has 6 nitrogen and oxygen atoms in total. The molecule has 0 heterocycles. The summed E-state index contributed by atoms with van der Waals surface area (Å²) < 4.78 is 0. The number of nitro groups is 1. The number of rotatable bonds is 7. The molecule has 2 bridgehead atoms. The van der Waals surface area contributed by atoms with Gasteiger partial charge in [0.15, 0.2) is 0 Å². The van der Waals surface area contributed by atoms with Gasteiger partial charge in [-0.3, -0.25) is 14.9 Å². The van der Waals surface area contributed by atoms with Crippen LogP contribution in [0.1, 0.15) is 23.2 Å². The average molecular weight is 315 g/mol. The van der Waals surface area contributed by atoms with E-state index in [4.69, 9.17) is 0 Å². The molecule has 122 valence electrons. The Balaban J connectivity index is 1.34. The first-order valence-electron chi connectivity index (χ1n) is 8.05. The molecule has 3 unspecified atom stereocenters. The molecule has 1 amide bonds. The fourth-order valence-electron chi connectivity index (χ4n) is 3.52. The fourth-order valence-corrected chi connectivity index (χ4v) is 3.52. The number of nitro benzene ring substituents is 1. The number of carbonyl (C=O) groups excluding carboxylic acids is 1. The second-order valence-electron chi connectivity index (χ2n) is 6.30. The van der Waals surface area contributed by atoms with Gasteiger partial charge in [0.25, 0.3) is 11.6 Å². The molecular formula is C17H21N3O3. The van der Waals surface area contributed by atoms with Gasteiger partial charge in [-0.2, -0.15) is 0 Å². The summed E-state index contributed by atoms with van der Waals surface area (Å²) in [6.07, 6.45) is 7.27. The van der Waals surface area contributed by atoms with Crippen LogP contribution in [0.3, 0.4) is 0 Å². The van der Waals surface area contributed by atoms with E-state index in [1.165, 1.54) is 37.1 Å². The molecule has 23 heavy (non-hydrogen) atoms. The summed E-state index contributed by atoms with van der Waals surface area (Å²) in [5, 5.41) is 16.8. The van der Waals surface area contributed by atoms with E-state index in [1.807, 2.05) is 0 Å². The van der Waals surface area contributed by atoms with E-state index in [1.54, 1.807) is 0 Å². The van der Waals surface area contributed by atoms with Gasteiger partial charge < -0.3 is 10.6 Å². The smallest absolute Gasteiger partial charge is 0.269 e. The standard InChI is InChI=1S/C17H21N3O3/c21-17(13-3-5-16(6-4-13)20(22)23)19-8-7-18-11-15-10-12-1-2-14(15)9-12/h1-6,12,14-15,18H,7-11H2,(H,19,21). The number of nitrogens with one attached hydrogen (secondary N) is 2. The van der Waals surface area contributed by atoms with Crippen LogP contribution in [0.25, 0.3) is 0 Å². The summed E-state index contributed by atoms with van der Waals surface area (Å²) in [4.78, 5) is 22.0. The Labute approximate surface area is 135 Å². The van der Waals surface area contributed by atoms with E-state index < -0.39 is 4.92 Å². The summed E-state index contributed by atoms with van der Waals surface area (Å²) in [6, 6.07) is 5.64. The van der Waals surface area contributed by atoms with Crippen LogP contribution in [0.5, 0.6) is 0 Å². The number of carbonyl (C=O) groups is 1. The third kappa shape index (κ3) is 3.76. The highest BCUT2D eigenvalue weighted by atomic mass is 16.6. The van der Waals surface area contributed by atoms with E-state index in [9.17, 15) is 14.9 Å². The molecule has 0 aliphatic heterocycles. The number of benzene rings is 1. The second-order valence-corrected chi connectivity index (χ2v) is 6.30. The Morgan fingerprint density at radius 1 is 1.17 bits per heavy atom. The number of fused-ring (bicyclic) bond motifs is 2. The molecule has 6 heteroatoms. The minimum Gasteiger partial charge on any atom is -0.351 e. The van der Waals surface area contributed by atoms with Crippen molar-refractivity contribution in [3.05, 3.63) is 52.1 Å². The maximum absolute atomic E-state index is 11.9. The molecule has 0 aromatic heterocycles. The zero-order valence-corrected chi connectivity index (χ0v) is 12.9. The lowest BCUT2D eigenvalue weighted by Gasteiger charge is -2.18. The maximum Gasteiger partial charge on any atom is 0.269 e. The number of allylic oxidation sites excluding steroid dienone is 2. The topological polar surface area (TPSA) is 84.3 Å². The summed E-state index contributed by atoms with van der Waals surface area (Å²) in [6.45, 7) is 2.28. The number of hydrogen-bond acceptors (Lipinski definition) is 4. The predicted octanol–water partition coefficient (Wildman–Crippen LogP) is 2.13. The van der Waals surface area contributed by atoms with E-state index >= 15 is 0 Å².